The normalized spacial score (nSPS) is 10.1. The Morgan fingerprint density at radius 2 is 2.20 bits per heavy atom. The van der Waals surface area contributed by atoms with Crippen molar-refractivity contribution in [2.75, 3.05) is 24.7 Å². The molecule has 2 aromatic heterocycles. The third kappa shape index (κ3) is 3.54. The second-order valence-electron chi connectivity index (χ2n) is 4.14. The van der Waals surface area contributed by atoms with Gasteiger partial charge in [0.25, 0.3) is 0 Å². The maximum Gasteiger partial charge on any atom is 0.322 e. The molecule has 0 saturated heterocycles. The number of H-pyrrole nitrogens is 1. The van der Waals surface area contributed by atoms with Crippen molar-refractivity contribution in [1.29, 1.82) is 0 Å². The minimum absolute atomic E-state index is 0.0240. The second kappa shape index (κ2) is 5.82. The summed E-state index contributed by atoms with van der Waals surface area (Å²) in [4.78, 5) is 24.4. The van der Waals surface area contributed by atoms with Gasteiger partial charge in [-0.25, -0.2) is 9.48 Å². The number of hydrogen-bond acceptors (Lipinski definition) is 5. The first-order valence-electron chi connectivity index (χ1n) is 5.72. The molecular weight excluding hydrogens is 264 g/mol. The van der Waals surface area contributed by atoms with E-state index in [0.717, 1.165) is 0 Å². The van der Waals surface area contributed by atoms with E-state index in [2.05, 4.69) is 31.1 Å². The second-order valence-corrected chi connectivity index (χ2v) is 4.14. The Bertz CT molecular complexity index is 588. The van der Waals surface area contributed by atoms with Crippen LogP contribution in [0.25, 0.3) is 0 Å². The van der Waals surface area contributed by atoms with E-state index in [0.29, 0.717) is 5.82 Å². The van der Waals surface area contributed by atoms with Crippen molar-refractivity contribution in [3.05, 3.63) is 18.5 Å². The number of anilines is 2. The van der Waals surface area contributed by atoms with E-state index in [9.17, 15) is 9.59 Å². The molecule has 0 aliphatic heterocycles. The van der Waals surface area contributed by atoms with Gasteiger partial charge in [0.15, 0.2) is 5.82 Å². The van der Waals surface area contributed by atoms with Crippen molar-refractivity contribution < 1.29 is 9.59 Å². The average molecular weight is 278 g/mol. The van der Waals surface area contributed by atoms with Crippen LogP contribution in [0.15, 0.2) is 18.5 Å². The zero-order valence-corrected chi connectivity index (χ0v) is 11.0. The van der Waals surface area contributed by atoms with E-state index in [4.69, 9.17) is 0 Å². The minimum atomic E-state index is -0.320. The van der Waals surface area contributed by atoms with Gasteiger partial charge in [-0.3, -0.25) is 15.2 Å². The topological polar surface area (TPSA) is 121 Å². The van der Waals surface area contributed by atoms with E-state index in [1.807, 2.05) is 0 Å². The van der Waals surface area contributed by atoms with E-state index in [1.165, 1.54) is 22.0 Å². The lowest BCUT2D eigenvalue weighted by Crippen LogP contribution is -2.27. The van der Waals surface area contributed by atoms with Crippen LogP contribution in [0.1, 0.15) is 0 Å². The number of amides is 3. The average Bonchev–Trinajstić information content (AvgIpc) is 3.01. The lowest BCUT2D eigenvalue weighted by Gasteiger charge is -2.08. The summed E-state index contributed by atoms with van der Waals surface area (Å²) in [6, 6.07) is 1.31. The lowest BCUT2D eigenvalue weighted by molar-refractivity contribution is -0.116. The van der Waals surface area contributed by atoms with Crippen LogP contribution >= 0.6 is 0 Å². The van der Waals surface area contributed by atoms with Gasteiger partial charge in [0.2, 0.25) is 5.91 Å². The van der Waals surface area contributed by atoms with Crippen molar-refractivity contribution in [2.24, 2.45) is 0 Å². The molecule has 2 heterocycles. The maximum atomic E-state index is 11.7. The number of nitrogens with one attached hydrogen (secondary N) is 3. The van der Waals surface area contributed by atoms with Gasteiger partial charge < -0.3 is 10.2 Å². The smallest absolute Gasteiger partial charge is 0.322 e. The van der Waals surface area contributed by atoms with Crippen LogP contribution in [0.2, 0.25) is 0 Å². The predicted molar refractivity (Wildman–Crippen MR) is 69.9 cm³/mol. The molecule has 0 saturated carbocycles. The summed E-state index contributed by atoms with van der Waals surface area (Å²) in [6.07, 6.45) is 2.99. The number of aromatic amines is 1. The minimum Gasteiger partial charge on any atom is -0.331 e. The van der Waals surface area contributed by atoms with Crippen LogP contribution in [0.5, 0.6) is 0 Å². The highest BCUT2D eigenvalue weighted by Gasteiger charge is 2.10. The molecule has 3 N–H and O–H groups in total. The highest BCUT2D eigenvalue weighted by atomic mass is 16.2. The van der Waals surface area contributed by atoms with Gasteiger partial charge in [0, 0.05) is 20.2 Å². The van der Waals surface area contributed by atoms with Gasteiger partial charge in [0.1, 0.15) is 12.4 Å². The molecule has 2 aromatic rings. The number of rotatable bonds is 4. The molecule has 0 fully saturated rings. The van der Waals surface area contributed by atoms with E-state index in [1.54, 1.807) is 20.2 Å². The molecule has 0 bridgehead atoms. The molecule has 0 aliphatic rings. The molecule has 0 unspecified atom stereocenters. The molecule has 10 heteroatoms. The standard InChI is InChI=1S/C10H14N8O2/c1-17(2)10(20)13-8-5-18(16-15-8)6-9(19)12-7-3-4-11-14-7/h3-5H,6H2,1-2H3,(H,13,20)(H2,11,12,14,19). The summed E-state index contributed by atoms with van der Waals surface area (Å²) < 4.78 is 1.32. The fourth-order valence-corrected chi connectivity index (χ4v) is 1.32. The summed E-state index contributed by atoms with van der Waals surface area (Å²) in [6.45, 7) is -0.0240. The van der Waals surface area contributed by atoms with Crippen LogP contribution in [-0.4, -0.2) is 56.1 Å². The molecule has 10 nitrogen and oxygen atoms in total. The fraction of sp³-hybridized carbons (Fsp3) is 0.300. The van der Waals surface area contributed by atoms with E-state index >= 15 is 0 Å². The molecule has 20 heavy (non-hydrogen) atoms. The molecule has 0 atom stereocenters. The Morgan fingerprint density at radius 1 is 1.40 bits per heavy atom. The molecule has 0 radical (unpaired) electrons. The quantitative estimate of drug-likeness (QED) is 0.711. The number of carbonyl (C=O) groups is 2. The van der Waals surface area contributed by atoms with Gasteiger partial charge in [-0.05, 0) is 0 Å². The van der Waals surface area contributed by atoms with Gasteiger partial charge in [0.05, 0.1) is 12.4 Å². The fourth-order valence-electron chi connectivity index (χ4n) is 1.32. The number of nitrogens with zero attached hydrogens (tertiary/aromatic N) is 5. The first-order valence-corrected chi connectivity index (χ1v) is 5.72. The van der Waals surface area contributed by atoms with Crippen molar-refractivity contribution in [3.8, 4) is 0 Å². The van der Waals surface area contributed by atoms with Crippen LogP contribution in [0, 0.1) is 0 Å². The lowest BCUT2D eigenvalue weighted by atomic mass is 10.5. The molecule has 2 rings (SSSR count). The molecule has 3 amide bonds. The van der Waals surface area contributed by atoms with Gasteiger partial charge in [-0.15, -0.1) is 5.10 Å². The van der Waals surface area contributed by atoms with Gasteiger partial charge in [-0.2, -0.15) is 5.10 Å². The molecule has 0 aliphatic carbocycles. The third-order valence-electron chi connectivity index (χ3n) is 2.26. The summed E-state index contributed by atoms with van der Waals surface area (Å²) >= 11 is 0. The largest absolute Gasteiger partial charge is 0.331 e. The molecule has 0 spiro atoms. The summed E-state index contributed by atoms with van der Waals surface area (Å²) in [5.41, 5.74) is 0. The van der Waals surface area contributed by atoms with Gasteiger partial charge in [-0.1, -0.05) is 5.21 Å². The first-order chi connectivity index (χ1) is 9.54. The molecule has 106 valence electrons. The van der Waals surface area contributed by atoms with Crippen molar-refractivity contribution >= 4 is 23.6 Å². The number of urea groups is 1. The first kappa shape index (κ1) is 13.5. The zero-order chi connectivity index (χ0) is 14.5. The van der Waals surface area contributed by atoms with Crippen molar-refractivity contribution in [2.45, 2.75) is 6.54 Å². The van der Waals surface area contributed by atoms with E-state index in [-0.39, 0.29) is 24.3 Å². The number of carbonyl (C=O) groups excluding carboxylic acids is 2. The molecule has 0 aromatic carbocycles. The number of aromatic nitrogens is 5. The summed E-state index contributed by atoms with van der Waals surface area (Å²) in [5.74, 6) is 0.485. The van der Waals surface area contributed by atoms with Crippen molar-refractivity contribution in [3.63, 3.8) is 0 Å². The Labute approximate surface area is 114 Å². The third-order valence-corrected chi connectivity index (χ3v) is 2.26. The Kier molecular flexibility index (Phi) is 3.93. The van der Waals surface area contributed by atoms with Crippen LogP contribution in [0.3, 0.4) is 0 Å². The SMILES string of the molecule is CN(C)C(=O)Nc1cn(CC(=O)Nc2ccn[nH]2)nn1. The number of hydrogen-bond donors (Lipinski definition) is 3. The van der Waals surface area contributed by atoms with Gasteiger partial charge >= 0.3 is 6.03 Å². The molecular formula is C10H14N8O2. The van der Waals surface area contributed by atoms with Crippen LogP contribution in [0.4, 0.5) is 16.4 Å². The Hall–Kier alpha value is -2.91. The van der Waals surface area contributed by atoms with Crippen molar-refractivity contribution in [1.82, 2.24) is 30.1 Å². The predicted octanol–water partition coefficient (Wildman–Crippen LogP) is -0.267. The monoisotopic (exact) mass is 278 g/mol. The zero-order valence-electron chi connectivity index (χ0n) is 11.0. The maximum absolute atomic E-state index is 11.7. The summed E-state index contributed by atoms with van der Waals surface area (Å²) in [7, 11) is 3.22. The summed E-state index contributed by atoms with van der Waals surface area (Å²) in [5, 5.41) is 18.9. The van der Waals surface area contributed by atoms with E-state index < -0.39 is 0 Å². The highest BCUT2D eigenvalue weighted by Crippen LogP contribution is 2.02. The van der Waals surface area contributed by atoms with Crippen LogP contribution in [-0.2, 0) is 11.3 Å². The highest BCUT2D eigenvalue weighted by molar-refractivity contribution is 5.89. The Balaban J connectivity index is 1.89. The van der Waals surface area contributed by atoms with Crippen LogP contribution < -0.4 is 10.6 Å². The Morgan fingerprint density at radius 3 is 2.85 bits per heavy atom.